The molecule has 45 heavy (non-hydrogen) atoms. The van der Waals surface area contributed by atoms with Crippen molar-refractivity contribution in [3.8, 4) is 17.5 Å². The summed E-state index contributed by atoms with van der Waals surface area (Å²) in [5.41, 5.74) is 1.95. The second-order valence-electron chi connectivity index (χ2n) is 9.64. The van der Waals surface area contributed by atoms with Gasteiger partial charge in [-0.1, -0.05) is 18.2 Å². The lowest BCUT2D eigenvalue weighted by Gasteiger charge is -2.13. The van der Waals surface area contributed by atoms with E-state index in [0.717, 1.165) is 6.07 Å². The van der Waals surface area contributed by atoms with E-state index in [0.29, 0.717) is 22.6 Å². The van der Waals surface area contributed by atoms with E-state index < -0.39 is 28.6 Å². The summed E-state index contributed by atoms with van der Waals surface area (Å²) in [6.45, 7) is 3.40. The first-order valence-electron chi connectivity index (χ1n) is 13.2. The van der Waals surface area contributed by atoms with Gasteiger partial charge in [0.1, 0.15) is 17.4 Å². The number of methoxy groups -OCH3 is 2. The third kappa shape index (κ3) is 6.84. The fourth-order valence-electron chi connectivity index (χ4n) is 4.61. The number of non-ortho nitro benzene ring substituents is 1. The van der Waals surface area contributed by atoms with Crippen molar-refractivity contribution in [1.82, 2.24) is 4.57 Å². The fourth-order valence-corrected chi connectivity index (χ4v) is 4.61. The van der Waals surface area contributed by atoms with E-state index in [1.54, 1.807) is 24.5 Å². The van der Waals surface area contributed by atoms with E-state index in [1.807, 2.05) is 6.07 Å². The number of carbonyl (C=O) groups excluding carboxylic acids is 4. The lowest BCUT2D eigenvalue weighted by Crippen LogP contribution is -2.10. The monoisotopic (exact) mass is 607 g/mol. The lowest BCUT2D eigenvalue weighted by atomic mass is 10.0. The van der Waals surface area contributed by atoms with Gasteiger partial charge in [-0.2, -0.15) is 5.26 Å². The quantitative estimate of drug-likeness (QED) is 0.0445. The Hall–Kier alpha value is -6.35. The van der Waals surface area contributed by atoms with Crippen LogP contribution in [0, 0.1) is 35.3 Å². The van der Waals surface area contributed by atoms with Crippen LogP contribution in [-0.4, -0.2) is 47.4 Å². The molecule has 0 radical (unpaired) electrons. The number of nitrogens with zero attached hydrogens (tertiary/aromatic N) is 3. The zero-order valence-electron chi connectivity index (χ0n) is 24.5. The Bertz CT molecular complexity index is 1900. The highest BCUT2D eigenvalue weighted by atomic mass is 16.6. The van der Waals surface area contributed by atoms with Crippen LogP contribution in [-0.2, 0) is 9.47 Å². The van der Waals surface area contributed by atoms with Gasteiger partial charge in [-0.25, -0.2) is 14.4 Å². The molecule has 0 saturated carbocycles. The van der Waals surface area contributed by atoms with Gasteiger partial charge in [0.05, 0.1) is 35.8 Å². The fraction of sp³-hybridized carbons (Fsp3) is 0.121. The number of aromatic nitrogens is 1. The number of ether oxygens (including phenoxy) is 3. The number of ketones is 1. The molecule has 1 heterocycles. The summed E-state index contributed by atoms with van der Waals surface area (Å²) in [5, 5.41) is 20.8. The lowest BCUT2D eigenvalue weighted by molar-refractivity contribution is -0.384. The number of aryl methyl sites for hydroxylation is 1. The maximum absolute atomic E-state index is 13.5. The van der Waals surface area contributed by atoms with Crippen molar-refractivity contribution in [3.63, 3.8) is 0 Å². The van der Waals surface area contributed by atoms with Crippen LogP contribution in [0.15, 0.2) is 78.4 Å². The van der Waals surface area contributed by atoms with Crippen LogP contribution in [0.25, 0.3) is 11.8 Å². The third-order valence-electron chi connectivity index (χ3n) is 6.75. The second kappa shape index (κ2) is 13.3. The van der Waals surface area contributed by atoms with Crippen molar-refractivity contribution in [1.29, 1.82) is 5.26 Å². The normalized spacial score (nSPS) is 10.9. The molecule has 0 aliphatic carbocycles. The summed E-state index contributed by atoms with van der Waals surface area (Å²) in [7, 11) is 2.43. The number of benzene rings is 3. The van der Waals surface area contributed by atoms with Crippen LogP contribution in [0.1, 0.15) is 58.4 Å². The van der Waals surface area contributed by atoms with E-state index in [1.165, 1.54) is 81.0 Å². The van der Waals surface area contributed by atoms with Gasteiger partial charge in [-0.05, 0) is 68.0 Å². The van der Waals surface area contributed by atoms with E-state index in [9.17, 15) is 34.6 Å². The summed E-state index contributed by atoms with van der Waals surface area (Å²) in [4.78, 5) is 60.9. The molecule has 0 bridgehead atoms. The van der Waals surface area contributed by atoms with E-state index >= 15 is 0 Å². The van der Waals surface area contributed by atoms with Gasteiger partial charge < -0.3 is 18.8 Å². The van der Waals surface area contributed by atoms with Crippen LogP contribution in [0.3, 0.4) is 0 Å². The van der Waals surface area contributed by atoms with Gasteiger partial charge in [0.25, 0.3) is 5.69 Å². The number of nitriles is 1. The molecule has 12 heteroatoms. The molecule has 1 aromatic heterocycles. The molecule has 4 aromatic rings. The van der Waals surface area contributed by atoms with Gasteiger partial charge >= 0.3 is 17.9 Å². The molecule has 0 aliphatic rings. The molecule has 0 N–H and O–H groups in total. The molecule has 0 atom stereocenters. The highest BCUT2D eigenvalue weighted by molar-refractivity contribution is 6.15. The summed E-state index contributed by atoms with van der Waals surface area (Å²) >= 11 is 0. The maximum Gasteiger partial charge on any atom is 0.343 e. The topological polar surface area (TPSA) is 168 Å². The number of Topliss-reactive ketones (excluding diaryl/α,β-unsaturated/α-hetero) is 1. The molecule has 3 aromatic carbocycles. The number of hydrogen-bond donors (Lipinski definition) is 0. The molecule has 4 rings (SSSR count). The number of rotatable bonds is 9. The zero-order chi connectivity index (χ0) is 32.8. The summed E-state index contributed by atoms with van der Waals surface area (Å²) in [6.07, 6.45) is 1.38. The number of hydrogen-bond acceptors (Lipinski definition) is 10. The van der Waals surface area contributed by atoms with Gasteiger partial charge in [-0.3, -0.25) is 14.9 Å². The predicted octanol–water partition coefficient (Wildman–Crippen LogP) is 5.58. The highest BCUT2D eigenvalue weighted by Gasteiger charge is 2.22. The summed E-state index contributed by atoms with van der Waals surface area (Å²) in [6, 6.07) is 19.0. The first-order chi connectivity index (χ1) is 21.5. The van der Waals surface area contributed by atoms with Gasteiger partial charge in [0.2, 0.25) is 5.78 Å². The smallest absolute Gasteiger partial charge is 0.343 e. The molecule has 12 nitrogen and oxygen atoms in total. The molecule has 0 fully saturated rings. The van der Waals surface area contributed by atoms with E-state index in [4.69, 9.17) is 14.2 Å². The Balaban J connectivity index is 1.61. The predicted molar refractivity (Wildman–Crippen MR) is 160 cm³/mol. The third-order valence-corrected chi connectivity index (χ3v) is 6.75. The number of nitro benzene ring substituents is 1. The maximum atomic E-state index is 13.5. The van der Waals surface area contributed by atoms with Gasteiger partial charge in [0.15, 0.2) is 0 Å². The molecule has 226 valence electrons. The number of nitro groups is 1. The van der Waals surface area contributed by atoms with Gasteiger partial charge in [-0.15, -0.1) is 0 Å². The number of carbonyl (C=O) groups is 4. The molecular formula is C33H25N3O9. The van der Waals surface area contributed by atoms with Crippen LogP contribution >= 0.6 is 0 Å². The Morgan fingerprint density at radius 3 is 2.02 bits per heavy atom. The number of allylic oxidation sites excluding steroid dienone is 1. The first kappa shape index (κ1) is 31.6. The minimum absolute atomic E-state index is 0.00155. The number of esters is 3. The molecule has 0 amide bonds. The van der Waals surface area contributed by atoms with Crippen molar-refractivity contribution < 1.29 is 38.3 Å². The molecule has 0 spiro atoms. The van der Waals surface area contributed by atoms with Crippen molar-refractivity contribution in [2.45, 2.75) is 13.8 Å². The zero-order valence-corrected chi connectivity index (χ0v) is 24.5. The van der Waals surface area contributed by atoms with Gasteiger partial charge in [0, 0.05) is 34.8 Å². The Morgan fingerprint density at radius 1 is 0.844 bits per heavy atom. The van der Waals surface area contributed by atoms with Crippen LogP contribution in [0.5, 0.6) is 5.75 Å². The van der Waals surface area contributed by atoms with Crippen LogP contribution in [0.2, 0.25) is 0 Å². The average molecular weight is 608 g/mol. The molecular weight excluding hydrogens is 582 g/mol. The standard InChI is InChI=1S/C33H25N3O9/c1-19-12-29(20(2)35(19)27-16-23(31(38)43-3)14-24(17-27)32(39)44-4)30(37)25(18-34)13-21-8-10-28(11-9-21)45-33(40)22-6-5-7-26(15-22)36(41)42/h5-17H,1-4H3. The van der Waals surface area contributed by atoms with E-state index in [-0.39, 0.29) is 39.3 Å². The Kier molecular flexibility index (Phi) is 9.34. The van der Waals surface area contributed by atoms with E-state index in [2.05, 4.69) is 0 Å². The average Bonchev–Trinajstić information content (AvgIpc) is 3.35. The van der Waals surface area contributed by atoms with Crippen molar-refractivity contribution >= 4 is 35.5 Å². The summed E-state index contributed by atoms with van der Waals surface area (Å²) < 4.78 is 16.6. The SMILES string of the molecule is COC(=O)c1cc(C(=O)OC)cc(-n2c(C)cc(C(=O)C(C#N)=Cc3ccc(OC(=O)c4cccc([N+](=O)[O-])c4)cc3)c2C)c1. The molecule has 0 unspecified atom stereocenters. The van der Waals surface area contributed by atoms with Crippen LogP contribution in [0.4, 0.5) is 5.69 Å². The minimum Gasteiger partial charge on any atom is -0.465 e. The second-order valence-corrected chi connectivity index (χ2v) is 9.64. The Labute approximate surface area is 256 Å². The first-order valence-corrected chi connectivity index (χ1v) is 13.2. The largest absolute Gasteiger partial charge is 0.465 e. The van der Waals surface area contributed by atoms with Crippen molar-refractivity contribution in [2.24, 2.45) is 0 Å². The highest BCUT2D eigenvalue weighted by Crippen LogP contribution is 2.26. The summed E-state index contributed by atoms with van der Waals surface area (Å²) in [5.74, 6) is -2.53. The van der Waals surface area contributed by atoms with Crippen LogP contribution < -0.4 is 4.74 Å². The Morgan fingerprint density at radius 2 is 1.47 bits per heavy atom. The van der Waals surface area contributed by atoms with Crippen molar-refractivity contribution in [2.75, 3.05) is 14.2 Å². The van der Waals surface area contributed by atoms with Crippen molar-refractivity contribution in [3.05, 3.63) is 128 Å². The molecule has 0 saturated heterocycles. The minimum atomic E-state index is -0.791. The molecule has 0 aliphatic heterocycles.